The van der Waals surface area contributed by atoms with Gasteiger partial charge >= 0.3 is 5.97 Å². The fraction of sp³-hybridized carbons (Fsp3) is 0.150. The first-order valence-corrected chi connectivity index (χ1v) is 9.09. The van der Waals surface area contributed by atoms with Crippen LogP contribution in [0.1, 0.15) is 12.5 Å². The summed E-state index contributed by atoms with van der Waals surface area (Å²) in [6, 6.07) is 12.0. The van der Waals surface area contributed by atoms with Gasteiger partial charge in [-0.05, 0) is 58.5 Å². The van der Waals surface area contributed by atoms with Gasteiger partial charge in [0.25, 0.3) is 5.91 Å². The van der Waals surface area contributed by atoms with E-state index in [1.54, 1.807) is 36.4 Å². The average molecular weight is 492 g/mol. The zero-order chi connectivity index (χ0) is 20.7. The van der Waals surface area contributed by atoms with Crippen LogP contribution in [0.2, 0.25) is 0 Å². The molecule has 0 radical (unpaired) electrons. The van der Waals surface area contributed by atoms with Crippen LogP contribution in [0.25, 0.3) is 6.08 Å². The normalized spacial score (nSPS) is 10.6. The van der Waals surface area contributed by atoms with Crippen molar-refractivity contribution in [2.45, 2.75) is 6.92 Å². The van der Waals surface area contributed by atoms with Crippen LogP contribution < -0.4 is 19.5 Å². The number of rotatable bonds is 6. The molecule has 0 spiro atoms. The van der Waals surface area contributed by atoms with E-state index in [1.165, 1.54) is 27.2 Å². The van der Waals surface area contributed by atoms with Crippen LogP contribution in [0.3, 0.4) is 0 Å². The Balaban J connectivity index is 2.32. The molecule has 0 unspecified atom stereocenters. The number of nitrogens with one attached hydrogen (secondary N) is 1. The molecule has 0 heterocycles. The van der Waals surface area contributed by atoms with E-state index in [1.807, 2.05) is 28.7 Å². The standard InChI is InChI=1S/C20H17IN2O5/c1-12(24)28-19-17(21)8-13(9-18(19)27-3)7-14(11-22)20(25)23-15-5-4-6-16(10-15)26-2/h4-10H,1-3H3,(H,23,25)/b14-7+. The first-order valence-electron chi connectivity index (χ1n) is 8.01. The lowest BCUT2D eigenvalue weighted by Crippen LogP contribution is -2.13. The average Bonchev–Trinajstić information content (AvgIpc) is 2.67. The summed E-state index contributed by atoms with van der Waals surface area (Å²) in [6.45, 7) is 1.29. The number of carbonyl (C=O) groups is 2. The van der Waals surface area contributed by atoms with Gasteiger partial charge in [-0.15, -0.1) is 0 Å². The van der Waals surface area contributed by atoms with E-state index in [-0.39, 0.29) is 11.3 Å². The Morgan fingerprint density at radius 1 is 1.18 bits per heavy atom. The second-order valence-electron chi connectivity index (χ2n) is 5.48. The van der Waals surface area contributed by atoms with Crippen molar-refractivity contribution in [3.05, 3.63) is 51.1 Å². The lowest BCUT2D eigenvalue weighted by molar-refractivity contribution is -0.132. The number of benzene rings is 2. The third-order valence-electron chi connectivity index (χ3n) is 3.50. The molecule has 0 saturated carbocycles. The van der Waals surface area contributed by atoms with Gasteiger partial charge in [0, 0.05) is 18.7 Å². The topological polar surface area (TPSA) is 97.6 Å². The van der Waals surface area contributed by atoms with Gasteiger partial charge < -0.3 is 19.5 Å². The first-order chi connectivity index (χ1) is 13.4. The highest BCUT2D eigenvalue weighted by Crippen LogP contribution is 2.34. The van der Waals surface area contributed by atoms with E-state index >= 15 is 0 Å². The summed E-state index contributed by atoms with van der Waals surface area (Å²) in [5, 5.41) is 12.1. The SMILES string of the molecule is COc1cccc(NC(=O)/C(C#N)=C/c2cc(I)c(OC(C)=O)c(OC)c2)c1. The van der Waals surface area contributed by atoms with Gasteiger partial charge in [-0.1, -0.05) is 6.07 Å². The number of hydrogen-bond donors (Lipinski definition) is 1. The summed E-state index contributed by atoms with van der Waals surface area (Å²) >= 11 is 1.99. The summed E-state index contributed by atoms with van der Waals surface area (Å²) in [7, 11) is 2.96. The number of esters is 1. The number of ether oxygens (including phenoxy) is 3. The first kappa shape index (κ1) is 21.2. The molecule has 28 heavy (non-hydrogen) atoms. The van der Waals surface area contributed by atoms with Gasteiger partial charge in [0.05, 0.1) is 17.8 Å². The Morgan fingerprint density at radius 2 is 1.93 bits per heavy atom. The van der Waals surface area contributed by atoms with E-state index in [0.29, 0.717) is 26.3 Å². The molecule has 0 aliphatic rings. The molecule has 0 aromatic heterocycles. The third-order valence-corrected chi connectivity index (χ3v) is 4.30. The van der Waals surface area contributed by atoms with Gasteiger partial charge in [0.2, 0.25) is 0 Å². The lowest BCUT2D eigenvalue weighted by atomic mass is 10.1. The molecule has 0 aliphatic heterocycles. The summed E-state index contributed by atoms with van der Waals surface area (Å²) in [5.41, 5.74) is 0.957. The largest absolute Gasteiger partial charge is 0.497 e. The Labute approximate surface area is 176 Å². The molecule has 2 rings (SSSR count). The van der Waals surface area contributed by atoms with Crippen molar-refractivity contribution in [3.8, 4) is 23.3 Å². The molecule has 2 aromatic rings. The number of nitrogens with zero attached hydrogens (tertiary/aromatic N) is 1. The molecule has 1 amide bonds. The van der Waals surface area contributed by atoms with E-state index in [0.717, 1.165) is 0 Å². The van der Waals surface area contributed by atoms with E-state index in [2.05, 4.69) is 5.32 Å². The monoisotopic (exact) mass is 492 g/mol. The molecule has 144 valence electrons. The summed E-state index contributed by atoms with van der Waals surface area (Å²) in [6.07, 6.45) is 1.43. The maximum Gasteiger partial charge on any atom is 0.308 e. The number of anilines is 1. The second kappa shape index (κ2) is 9.75. The molecule has 0 fully saturated rings. The Bertz CT molecular complexity index is 979. The lowest BCUT2D eigenvalue weighted by Gasteiger charge is -2.11. The van der Waals surface area contributed by atoms with Crippen LogP contribution in [0.5, 0.6) is 17.2 Å². The predicted molar refractivity (Wildman–Crippen MR) is 112 cm³/mol. The quantitative estimate of drug-likeness (QED) is 0.217. The van der Waals surface area contributed by atoms with Crippen LogP contribution in [0, 0.1) is 14.9 Å². The van der Waals surface area contributed by atoms with Crippen molar-refractivity contribution in [1.29, 1.82) is 5.26 Å². The number of carbonyl (C=O) groups excluding carboxylic acids is 2. The summed E-state index contributed by atoms with van der Waals surface area (Å²) in [5.74, 6) is 0.148. The highest BCUT2D eigenvalue weighted by Gasteiger charge is 2.15. The van der Waals surface area contributed by atoms with Crippen molar-refractivity contribution < 1.29 is 23.8 Å². The van der Waals surface area contributed by atoms with Crippen LogP contribution in [-0.2, 0) is 9.59 Å². The molecule has 0 atom stereocenters. The highest BCUT2D eigenvalue weighted by molar-refractivity contribution is 14.1. The Morgan fingerprint density at radius 3 is 2.54 bits per heavy atom. The molecule has 2 aromatic carbocycles. The van der Waals surface area contributed by atoms with Crippen molar-refractivity contribution in [1.82, 2.24) is 0 Å². The van der Waals surface area contributed by atoms with Gasteiger partial charge in [-0.3, -0.25) is 9.59 Å². The third kappa shape index (κ3) is 5.47. The fourth-order valence-corrected chi connectivity index (χ4v) is 3.02. The van der Waals surface area contributed by atoms with Crippen molar-refractivity contribution >= 4 is 46.2 Å². The second-order valence-corrected chi connectivity index (χ2v) is 6.65. The highest BCUT2D eigenvalue weighted by atomic mass is 127. The minimum atomic E-state index is -0.561. The van der Waals surface area contributed by atoms with Crippen LogP contribution in [0.4, 0.5) is 5.69 Å². The van der Waals surface area contributed by atoms with E-state index in [4.69, 9.17) is 14.2 Å². The van der Waals surface area contributed by atoms with Crippen LogP contribution >= 0.6 is 22.6 Å². The van der Waals surface area contributed by atoms with Gasteiger partial charge in [0.15, 0.2) is 11.5 Å². The van der Waals surface area contributed by atoms with Gasteiger partial charge in [-0.25, -0.2) is 0 Å². The molecule has 0 saturated heterocycles. The van der Waals surface area contributed by atoms with Crippen molar-refractivity contribution in [2.24, 2.45) is 0 Å². The molecule has 8 heteroatoms. The van der Waals surface area contributed by atoms with Crippen molar-refractivity contribution in [3.63, 3.8) is 0 Å². The minimum absolute atomic E-state index is 0.0964. The number of nitriles is 1. The number of halogens is 1. The molecule has 0 aliphatic carbocycles. The minimum Gasteiger partial charge on any atom is -0.497 e. The number of methoxy groups -OCH3 is 2. The van der Waals surface area contributed by atoms with Crippen LogP contribution in [0.15, 0.2) is 42.0 Å². The van der Waals surface area contributed by atoms with Gasteiger partial charge in [0.1, 0.15) is 17.4 Å². The summed E-state index contributed by atoms with van der Waals surface area (Å²) in [4.78, 5) is 23.7. The zero-order valence-electron chi connectivity index (χ0n) is 15.4. The van der Waals surface area contributed by atoms with E-state index in [9.17, 15) is 14.9 Å². The maximum atomic E-state index is 12.5. The van der Waals surface area contributed by atoms with Gasteiger partial charge in [-0.2, -0.15) is 5.26 Å². The Kier molecular flexibility index (Phi) is 7.40. The molecular weight excluding hydrogens is 475 g/mol. The van der Waals surface area contributed by atoms with Crippen molar-refractivity contribution in [2.75, 3.05) is 19.5 Å². The fourth-order valence-electron chi connectivity index (χ4n) is 2.28. The smallest absolute Gasteiger partial charge is 0.308 e. The molecule has 7 nitrogen and oxygen atoms in total. The number of hydrogen-bond acceptors (Lipinski definition) is 6. The molecule has 1 N–H and O–H groups in total. The summed E-state index contributed by atoms with van der Waals surface area (Å²) < 4.78 is 16.1. The Hall–Kier alpha value is -3.06. The van der Waals surface area contributed by atoms with Crippen LogP contribution in [-0.4, -0.2) is 26.1 Å². The molecular formula is C20H17IN2O5. The number of amides is 1. The maximum absolute atomic E-state index is 12.5. The predicted octanol–water partition coefficient (Wildman–Crippen LogP) is 3.78. The van der Waals surface area contributed by atoms with E-state index < -0.39 is 11.9 Å². The molecule has 0 bridgehead atoms. The zero-order valence-corrected chi connectivity index (χ0v) is 17.6.